The predicted molar refractivity (Wildman–Crippen MR) is 83.8 cm³/mol. The van der Waals surface area contributed by atoms with Gasteiger partial charge in [-0.05, 0) is 49.4 Å². The minimum atomic E-state index is 0. The number of halogens is 1. The Bertz CT molecular complexity index is 363. The average molecular weight is 301 g/mol. The van der Waals surface area contributed by atoms with Gasteiger partial charge in [-0.3, -0.25) is 4.79 Å². The molecule has 2 bridgehead atoms. The Morgan fingerprint density at radius 2 is 1.85 bits per heavy atom. The van der Waals surface area contributed by atoms with Crippen molar-refractivity contribution in [3.8, 4) is 0 Å². The summed E-state index contributed by atoms with van der Waals surface area (Å²) in [5, 5.41) is 0. The van der Waals surface area contributed by atoms with Gasteiger partial charge in [0, 0.05) is 19.1 Å². The number of rotatable bonds is 2. The van der Waals surface area contributed by atoms with Crippen molar-refractivity contribution in [3.05, 3.63) is 0 Å². The Hall–Kier alpha value is -0.280. The highest BCUT2D eigenvalue weighted by molar-refractivity contribution is 5.85. The molecule has 116 valence electrons. The number of carbonyl (C=O) groups excluding carboxylic acids is 1. The summed E-state index contributed by atoms with van der Waals surface area (Å²) in [6.07, 6.45) is 7.23. The Morgan fingerprint density at radius 3 is 2.35 bits per heavy atom. The van der Waals surface area contributed by atoms with Gasteiger partial charge in [0.1, 0.15) is 0 Å². The van der Waals surface area contributed by atoms with E-state index in [1.165, 1.54) is 25.7 Å². The van der Waals surface area contributed by atoms with E-state index in [-0.39, 0.29) is 24.4 Å². The molecule has 20 heavy (non-hydrogen) atoms. The van der Waals surface area contributed by atoms with Crippen molar-refractivity contribution in [2.24, 2.45) is 28.9 Å². The molecule has 4 atom stereocenters. The fourth-order valence-electron chi connectivity index (χ4n) is 4.53. The summed E-state index contributed by atoms with van der Waals surface area (Å²) in [5.41, 5.74) is 6.76. The van der Waals surface area contributed by atoms with Crippen LogP contribution in [0.1, 0.15) is 52.4 Å². The Labute approximate surface area is 129 Å². The number of likely N-dealkylation sites (tertiary alicyclic amines) is 1. The maximum Gasteiger partial charge on any atom is 0.227 e. The number of amides is 1. The molecule has 2 N–H and O–H groups in total. The third kappa shape index (κ3) is 2.59. The van der Waals surface area contributed by atoms with Gasteiger partial charge in [-0.2, -0.15) is 0 Å². The SMILES string of the molecule is CCC1(C)CCN(C(=O)C2C3CCC(C3)C2N)CC1.Cl. The number of carbonyl (C=O) groups is 1. The van der Waals surface area contributed by atoms with Crippen molar-refractivity contribution in [2.75, 3.05) is 13.1 Å². The summed E-state index contributed by atoms with van der Waals surface area (Å²) in [5.74, 6) is 1.74. The van der Waals surface area contributed by atoms with Gasteiger partial charge in [0.05, 0.1) is 5.92 Å². The molecule has 0 aromatic carbocycles. The molecule has 1 heterocycles. The van der Waals surface area contributed by atoms with Crippen molar-refractivity contribution in [2.45, 2.75) is 58.4 Å². The first-order valence-corrected chi connectivity index (χ1v) is 8.08. The zero-order valence-electron chi connectivity index (χ0n) is 12.8. The van der Waals surface area contributed by atoms with Gasteiger partial charge in [0.2, 0.25) is 5.91 Å². The van der Waals surface area contributed by atoms with Crippen molar-refractivity contribution in [1.82, 2.24) is 4.90 Å². The van der Waals surface area contributed by atoms with Gasteiger partial charge in [0.15, 0.2) is 0 Å². The van der Waals surface area contributed by atoms with E-state index in [1.54, 1.807) is 0 Å². The number of nitrogens with zero attached hydrogens (tertiary/aromatic N) is 1. The second-order valence-corrected chi connectivity index (χ2v) is 7.43. The van der Waals surface area contributed by atoms with E-state index in [0.29, 0.717) is 23.2 Å². The maximum atomic E-state index is 12.7. The zero-order valence-corrected chi connectivity index (χ0v) is 13.6. The molecule has 3 aliphatic rings. The first-order valence-electron chi connectivity index (χ1n) is 8.08. The number of hydrogen-bond acceptors (Lipinski definition) is 2. The molecule has 3 nitrogen and oxygen atoms in total. The van der Waals surface area contributed by atoms with Crippen LogP contribution in [0.2, 0.25) is 0 Å². The first kappa shape index (κ1) is 16.1. The fraction of sp³-hybridized carbons (Fsp3) is 0.938. The molecule has 2 saturated carbocycles. The zero-order chi connectivity index (χ0) is 13.6. The van der Waals surface area contributed by atoms with Crippen LogP contribution in [0.5, 0.6) is 0 Å². The van der Waals surface area contributed by atoms with E-state index >= 15 is 0 Å². The van der Waals surface area contributed by atoms with Crippen molar-refractivity contribution in [3.63, 3.8) is 0 Å². The minimum absolute atomic E-state index is 0. The van der Waals surface area contributed by atoms with E-state index in [1.807, 2.05) is 0 Å². The standard InChI is InChI=1S/C16H28N2O.ClH/c1-3-16(2)6-8-18(9-7-16)15(19)13-11-4-5-12(10-11)14(13)17;/h11-14H,3-10,17H2,1-2H3;1H. The highest BCUT2D eigenvalue weighted by Gasteiger charge is 2.50. The quantitative estimate of drug-likeness (QED) is 0.852. The highest BCUT2D eigenvalue weighted by Crippen LogP contribution is 2.48. The van der Waals surface area contributed by atoms with E-state index < -0.39 is 0 Å². The lowest BCUT2D eigenvalue weighted by Gasteiger charge is -2.41. The van der Waals surface area contributed by atoms with E-state index in [4.69, 9.17) is 5.73 Å². The number of nitrogens with two attached hydrogens (primary N) is 1. The van der Waals surface area contributed by atoms with Crippen LogP contribution in [-0.2, 0) is 4.79 Å². The van der Waals surface area contributed by atoms with Crippen LogP contribution in [0.4, 0.5) is 0 Å². The van der Waals surface area contributed by atoms with Crippen LogP contribution in [0.3, 0.4) is 0 Å². The summed E-state index contributed by atoms with van der Waals surface area (Å²) in [4.78, 5) is 14.9. The number of fused-ring (bicyclic) bond motifs is 2. The molecule has 4 unspecified atom stereocenters. The molecule has 2 aliphatic carbocycles. The molecule has 1 amide bonds. The van der Waals surface area contributed by atoms with Crippen LogP contribution in [0.15, 0.2) is 0 Å². The minimum Gasteiger partial charge on any atom is -0.342 e. The monoisotopic (exact) mass is 300 g/mol. The lowest BCUT2D eigenvalue weighted by atomic mass is 9.77. The second-order valence-electron chi connectivity index (χ2n) is 7.43. The van der Waals surface area contributed by atoms with Crippen molar-refractivity contribution >= 4 is 18.3 Å². The largest absolute Gasteiger partial charge is 0.342 e. The third-order valence-corrected chi connectivity index (χ3v) is 6.40. The molecular weight excluding hydrogens is 272 g/mol. The Morgan fingerprint density at radius 1 is 1.25 bits per heavy atom. The topological polar surface area (TPSA) is 46.3 Å². The predicted octanol–water partition coefficient (Wildman–Crippen LogP) is 2.82. The molecule has 3 fully saturated rings. The summed E-state index contributed by atoms with van der Waals surface area (Å²) >= 11 is 0. The van der Waals surface area contributed by atoms with Crippen molar-refractivity contribution in [1.29, 1.82) is 0 Å². The highest BCUT2D eigenvalue weighted by atomic mass is 35.5. The smallest absolute Gasteiger partial charge is 0.227 e. The number of piperidine rings is 1. The van der Waals surface area contributed by atoms with Gasteiger partial charge in [-0.15, -0.1) is 12.4 Å². The molecule has 1 saturated heterocycles. The molecule has 1 aliphatic heterocycles. The molecule has 0 spiro atoms. The summed E-state index contributed by atoms with van der Waals surface area (Å²) < 4.78 is 0. The van der Waals surface area contributed by atoms with E-state index in [0.717, 1.165) is 25.9 Å². The number of hydrogen-bond donors (Lipinski definition) is 1. The van der Waals surface area contributed by atoms with Crippen LogP contribution < -0.4 is 5.73 Å². The molecule has 3 rings (SSSR count). The van der Waals surface area contributed by atoms with Gasteiger partial charge in [-0.1, -0.05) is 20.3 Å². The average Bonchev–Trinajstić information content (AvgIpc) is 3.00. The third-order valence-electron chi connectivity index (χ3n) is 6.40. The molecule has 0 radical (unpaired) electrons. The first-order chi connectivity index (χ1) is 9.04. The summed E-state index contributed by atoms with van der Waals surface area (Å²) in [6.45, 7) is 6.52. The van der Waals surface area contributed by atoms with Crippen molar-refractivity contribution < 1.29 is 4.79 Å². The summed E-state index contributed by atoms with van der Waals surface area (Å²) in [6, 6.07) is 0.144. The van der Waals surface area contributed by atoms with Crippen LogP contribution in [0, 0.1) is 23.2 Å². The van der Waals surface area contributed by atoms with Gasteiger partial charge < -0.3 is 10.6 Å². The Balaban J connectivity index is 0.00000147. The summed E-state index contributed by atoms with van der Waals surface area (Å²) in [7, 11) is 0. The lowest BCUT2D eigenvalue weighted by Crippen LogP contribution is -2.50. The fourth-order valence-corrected chi connectivity index (χ4v) is 4.53. The van der Waals surface area contributed by atoms with Gasteiger partial charge in [-0.25, -0.2) is 0 Å². The molecular formula is C16H29ClN2O. The van der Waals surface area contributed by atoms with Crippen LogP contribution in [0.25, 0.3) is 0 Å². The van der Waals surface area contributed by atoms with Crippen LogP contribution in [-0.4, -0.2) is 29.9 Å². The second kappa shape index (κ2) is 5.84. The van der Waals surface area contributed by atoms with Gasteiger partial charge >= 0.3 is 0 Å². The molecule has 0 aromatic rings. The van der Waals surface area contributed by atoms with E-state index in [2.05, 4.69) is 18.7 Å². The van der Waals surface area contributed by atoms with Gasteiger partial charge in [0.25, 0.3) is 0 Å². The molecule has 4 heteroatoms. The normalized spacial score (nSPS) is 38.6. The van der Waals surface area contributed by atoms with Crippen LogP contribution >= 0.6 is 12.4 Å². The van der Waals surface area contributed by atoms with E-state index in [9.17, 15) is 4.79 Å². The molecule has 0 aromatic heterocycles. The Kier molecular flexibility index (Phi) is 4.70. The lowest BCUT2D eigenvalue weighted by molar-refractivity contribution is -0.140. The maximum absolute atomic E-state index is 12.7.